The molecule has 0 saturated carbocycles. The molecule has 19 heavy (non-hydrogen) atoms. The van der Waals surface area contributed by atoms with E-state index in [1.54, 1.807) is 24.3 Å². The number of ether oxygens (including phenoxy) is 1. The summed E-state index contributed by atoms with van der Waals surface area (Å²) in [6, 6.07) is 10.7. The van der Waals surface area contributed by atoms with Gasteiger partial charge >= 0.3 is 0 Å². The number of rotatable bonds is 5. The summed E-state index contributed by atoms with van der Waals surface area (Å²) in [5.41, 5.74) is 1.94. The van der Waals surface area contributed by atoms with Crippen LogP contribution in [0, 0.1) is 0 Å². The maximum Gasteiger partial charge on any atom is 0.214 e. The average Bonchev–Trinajstić information content (AvgIpc) is 2.38. The van der Waals surface area contributed by atoms with Gasteiger partial charge in [0.15, 0.2) is 0 Å². The number of hydrogen-bond acceptors (Lipinski definition) is 3. The van der Waals surface area contributed by atoms with E-state index in [1.165, 1.54) is 0 Å². The van der Waals surface area contributed by atoms with Gasteiger partial charge in [-0.3, -0.25) is 0 Å². The van der Waals surface area contributed by atoms with Gasteiger partial charge in [0.25, 0.3) is 0 Å². The van der Waals surface area contributed by atoms with Crippen LogP contribution in [0.1, 0.15) is 11.1 Å². The van der Waals surface area contributed by atoms with Crippen LogP contribution >= 0.6 is 23.2 Å². The monoisotopic (exact) mass is 297 g/mol. The molecule has 0 amide bonds. The Labute approximate surface area is 121 Å². The minimum atomic E-state index is 0.0722. The van der Waals surface area contributed by atoms with E-state index in [9.17, 15) is 0 Å². The molecule has 5 heteroatoms. The zero-order valence-corrected chi connectivity index (χ0v) is 11.7. The topological polar surface area (TPSA) is 42.4 Å². The SMILES string of the molecule is OCCc1cc(Cl)ccc1COc1cccc(Cl)n1. The lowest BCUT2D eigenvalue weighted by molar-refractivity contribution is 0.285. The first-order valence-corrected chi connectivity index (χ1v) is 6.58. The highest BCUT2D eigenvalue weighted by atomic mass is 35.5. The molecule has 0 spiro atoms. The lowest BCUT2D eigenvalue weighted by atomic mass is 10.1. The fourth-order valence-electron chi connectivity index (χ4n) is 1.71. The third-order valence-corrected chi connectivity index (χ3v) is 3.06. The van der Waals surface area contributed by atoms with Crippen LogP contribution in [0.3, 0.4) is 0 Å². The number of hydrogen-bond donors (Lipinski definition) is 1. The second kappa shape index (κ2) is 6.75. The molecule has 0 saturated heterocycles. The zero-order chi connectivity index (χ0) is 13.7. The Morgan fingerprint density at radius 3 is 2.68 bits per heavy atom. The molecule has 1 aromatic heterocycles. The largest absolute Gasteiger partial charge is 0.473 e. The van der Waals surface area contributed by atoms with Crippen LogP contribution < -0.4 is 4.74 Å². The molecule has 0 aliphatic rings. The minimum absolute atomic E-state index is 0.0722. The molecule has 100 valence electrons. The van der Waals surface area contributed by atoms with Crippen LogP contribution in [0.15, 0.2) is 36.4 Å². The number of halogens is 2. The fraction of sp³-hybridized carbons (Fsp3) is 0.214. The van der Waals surface area contributed by atoms with Gasteiger partial charge in [-0.2, -0.15) is 0 Å². The third-order valence-electron chi connectivity index (χ3n) is 2.61. The molecule has 0 unspecified atom stereocenters. The molecule has 1 aromatic carbocycles. The third kappa shape index (κ3) is 4.10. The van der Waals surface area contributed by atoms with Crippen LogP contribution in [-0.4, -0.2) is 16.7 Å². The Bertz CT molecular complexity index is 561. The number of aliphatic hydroxyl groups excluding tert-OH is 1. The van der Waals surface area contributed by atoms with Crippen molar-refractivity contribution >= 4 is 23.2 Å². The Morgan fingerprint density at radius 2 is 1.95 bits per heavy atom. The summed E-state index contributed by atoms with van der Waals surface area (Å²) in [6.07, 6.45) is 0.544. The molecule has 2 rings (SSSR count). The molecule has 0 radical (unpaired) electrons. The summed E-state index contributed by atoms with van der Waals surface area (Å²) in [4.78, 5) is 4.05. The number of benzene rings is 1. The van der Waals surface area contributed by atoms with Gasteiger partial charge in [-0.15, -0.1) is 0 Å². The Morgan fingerprint density at radius 1 is 1.11 bits per heavy atom. The Balaban J connectivity index is 2.10. The van der Waals surface area contributed by atoms with E-state index < -0.39 is 0 Å². The van der Waals surface area contributed by atoms with E-state index in [4.69, 9.17) is 33.0 Å². The normalized spacial score (nSPS) is 10.5. The summed E-state index contributed by atoms with van der Waals surface area (Å²) in [5.74, 6) is 0.470. The molecule has 0 aliphatic carbocycles. The summed E-state index contributed by atoms with van der Waals surface area (Å²) in [7, 11) is 0. The van der Waals surface area contributed by atoms with E-state index in [0.29, 0.717) is 29.1 Å². The average molecular weight is 298 g/mol. The van der Waals surface area contributed by atoms with Gasteiger partial charge in [0.2, 0.25) is 5.88 Å². The Kier molecular flexibility index (Phi) is 5.02. The van der Waals surface area contributed by atoms with E-state index >= 15 is 0 Å². The van der Waals surface area contributed by atoms with Crippen LogP contribution in [0.4, 0.5) is 0 Å². The van der Waals surface area contributed by atoms with Crippen molar-refractivity contribution in [3.63, 3.8) is 0 Å². The van der Waals surface area contributed by atoms with E-state index in [1.807, 2.05) is 12.1 Å². The maximum atomic E-state index is 9.04. The first-order chi connectivity index (χ1) is 9.19. The van der Waals surface area contributed by atoms with E-state index in [-0.39, 0.29) is 6.61 Å². The van der Waals surface area contributed by atoms with E-state index in [0.717, 1.165) is 11.1 Å². The number of aromatic nitrogens is 1. The molecule has 0 aliphatic heterocycles. The summed E-state index contributed by atoms with van der Waals surface area (Å²) in [6.45, 7) is 0.433. The summed E-state index contributed by atoms with van der Waals surface area (Å²) >= 11 is 11.7. The van der Waals surface area contributed by atoms with Crippen molar-refractivity contribution < 1.29 is 9.84 Å². The van der Waals surface area contributed by atoms with Crippen molar-refractivity contribution in [2.75, 3.05) is 6.61 Å². The van der Waals surface area contributed by atoms with Gasteiger partial charge < -0.3 is 9.84 Å². The van der Waals surface area contributed by atoms with Gasteiger partial charge in [0, 0.05) is 17.7 Å². The smallest absolute Gasteiger partial charge is 0.214 e. The molecule has 0 fully saturated rings. The van der Waals surface area contributed by atoms with Crippen molar-refractivity contribution in [2.24, 2.45) is 0 Å². The molecule has 1 N–H and O–H groups in total. The minimum Gasteiger partial charge on any atom is -0.473 e. The van der Waals surface area contributed by atoms with Crippen molar-refractivity contribution in [3.05, 3.63) is 57.7 Å². The van der Waals surface area contributed by atoms with Crippen LogP contribution in [0.5, 0.6) is 5.88 Å². The van der Waals surface area contributed by atoms with Crippen molar-refractivity contribution in [3.8, 4) is 5.88 Å². The standard InChI is InChI=1S/C14H13Cl2NO2/c15-12-5-4-11(10(8-12)6-7-18)9-19-14-3-1-2-13(16)17-14/h1-5,8,18H,6-7,9H2. The Hall–Kier alpha value is -1.29. The zero-order valence-electron chi connectivity index (χ0n) is 10.1. The maximum absolute atomic E-state index is 9.04. The first kappa shape index (κ1) is 14.1. The molecule has 2 aromatic rings. The van der Waals surface area contributed by atoms with Crippen molar-refractivity contribution in [1.29, 1.82) is 0 Å². The van der Waals surface area contributed by atoms with Crippen LogP contribution in [0.25, 0.3) is 0 Å². The highest BCUT2D eigenvalue weighted by molar-refractivity contribution is 6.30. The van der Waals surface area contributed by atoms with Crippen LogP contribution in [0.2, 0.25) is 10.2 Å². The van der Waals surface area contributed by atoms with Gasteiger partial charge in [0.1, 0.15) is 11.8 Å². The number of nitrogens with zero attached hydrogens (tertiary/aromatic N) is 1. The highest BCUT2D eigenvalue weighted by Crippen LogP contribution is 2.19. The van der Waals surface area contributed by atoms with Crippen molar-refractivity contribution in [2.45, 2.75) is 13.0 Å². The van der Waals surface area contributed by atoms with Gasteiger partial charge in [0.05, 0.1) is 0 Å². The van der Waals surface area contributed by atoms with Gasteiger partial charge in [-0.25, -0.2) is 4.98 Å². The highest BCUT2D eigenvalue weighted by Gasteiger charge is 2.05. The molecular weight excluding hydrogens is 285 g/mol. The number of pyridine rings is 1. The predicted octanol–water partition coefficient (Wildman–Crippen LogP) is 3.50. The van der Waals surface area contributed by atoms with Gasteiger partial charge in [-0.05, 0) is 35.7 Å². The van der Waals surface area contributed by atoms with E-state index in [2.05, 4.69) is 4.98 Å². The lowest BCUT2D eigenvalue weighted by Crippen LogP contribution is -2.03. The number of aliphatic hydroxyl groups is 1. The van der Waals surface area contributed by atoms with Crippen molar-refractivity contribution in [1.82, 2.24) is 4.98 Å². The lowest BCUT2D eigenvalue weighted by Gasteiger charge is -2.10. The summed E-state index contributed by atoms with van der Waals surface area (Å²) in [5, 5.41) is 10.1. The second-order valence-electron chi connectivity index (χ2n) is 3.97. The van der Waals surface area contributed by atoms with Gasteiger partial charge in [-0.1, -0.05) is 35.3 Å². The molecule has 0 bridgehead atoms. The molecule has 1 heterocycles. The summed E-state index contributed by atoms with van der Waals surface area (Å²) < 4.78 is 5.58. The first-order valence-electron chi connectivity index (χ1n) is 5.82. The molecular formula is C14H13Cl2NO2. The fourth-order valence-corrected chi connectivity index (χ4v) is 2.06. The predicted molar refractivity (Wildman–Crippen MR) is 75.8 cm³/mol. The van der Waals surface area contributed by atoms with Crippen LogP contribution in [-0.2, 0) is 13.0 Å². The second-order valence-corrected chi connectivity index (χ2v) is 4.80. The molecule has 3 nitrogen and oxygen atoms in total. The molecule has 0 atom stereocenters. The quantitative estimate of drug-likeness (QED) is 0.859.